The molecule has 2 N–H and O–H groups in total. The zero-order valence-electron chi connectivity index (χ0n) is 10.1. The van der Waals surface area contributed by atoms with Crippen LogP contribution in [0.15, 0.2) is 35.9 Å². The van der Waals surface area contributed by atoms with Crippen molar-refractivity contribution in [2.45, 2.75) is 50.7 Å². The van der Waals surface area contributed by atoms with Crippen molar-refractivity contribution in [3.63, 3.8) is 0 Å². The molecular weight excluding hydrogens is 217 g/mol. The quantitative estimate of drug-likeness (QED) is 0.747. The molecule has 0 radical (unpaired) electrons. The molecule has 0 aromatic heterocycles. The molecule has 0 spiro atoms. The van der Waals surface area contributed by atoms with Crippen molar-refractivity contribution < 1.29 is 9.13 Å². The molecule has 2 rings (SSSR count). The first kappa shape index (κ1) is 12.4. The zero-order valence-corrected chi connectivity index (χ0v) is 10.1. The van der Waals surface area contributed by atoms with Gasteiger partial charge in [0.2, 0.25) is 0 Å². The second-order valence-electron chi connectivity index (χ2n) is 4.83. The third-order valence-electron chi connectivity index (χ3n) is 3.25. The highest BCUT2D eigenvalue weighted by molar-refractivity contribution is 5.23. The van der Waals surface area contributed by atoms with Crippen molar-refractivity contribution in [2.75, 3.05) is 0 Å². The number of hydrogen-bond donors (Lipinski definition) is 1. The minimum atomic E-state index is -0.150. The van der Waals surface area contributed by atoms with E-state index in [-0.39, 0.29) is 24.4 Å². The second-order valence-corrected chi connectivity index (χ2v) is 4.83. The van der Waals surface area contributed by atoms with Crippen molar-refractivity contribution in [1.29, 1.82) is 0 Å². The lowest BCUT2D eigenvalue weighted by Gasteiger charge is -2.20. The van der Waals surface area contributed by atoms with Gasteiger partial charge in [-0.15, -0.1) is 0 Å². The van der Waals surface area contributed by atoms with E-state index in [9.17, 15) is 4.39 Å². The summed E-state index contributed by atoms with van der Waals surface area (Å²) in [5.74, 6) is 0.564. The lowest BCUT2D eigenvalue weighted by Crippen LogP contribution is -2.25. The van der Waals surface area contributed by atoms with Crippen LogP contribution in [0.3, 0.4) is 0 Å². The summed E-state index contributed by atoms with van der Waals surface area (Å²) in [5.41, 5.74) is 5.99. The van der Waals surface area contributed by atoms with E-state index >= 15 is 0 Å². The molecule has 17 heavy (non-hydrogen) atoms. The zero-order chi connectivity index (χ0) is 12.1. The first-order valence-corrected chi connectivity index (χ1v) is 6.38. The molecule has 2 nitrogen and oxygen atoms in total. The smallest absolute Gasteiger partial charge is 0.107 e. The summed E-state index contributed by atoms with van der Waals surface area (Å²) in [6, 6.07) is 0.227. The summed E-state index contributed by atoms with van der Waals surface area (Å²) < 4.78 is 19.2. The number of nitrogens with two attached hydrogens (primary N) is 1. The van der Waals surface area contributed by atoms with Gasteiger partial charge in [-0.05, 0) is 37.8 Å². The molecule has 0 bridgehead atoms. The molecule has 3 heteroatoms. The topological polar surface area (TPSA) is 35.2 Å². The summed E-state index contributed by atoms with van der Waals surface area (Å²) in [4.78, 5) is 0. The molecule has 2 aliphatic rings. The van der Waals surface area contributed by atoms with Crippen LogP contribution in [0.5, 0.6) is 0 Å². The summed E-state index contributed by atoms with van der Waals surface area (Å²) in [6.07, 6.45) is 12.6. The maximum absolute atomic E-state index is 13.3. The highest BCUT2D eigenvalue weighted by Crippen LogP contribution is 2.25. The lowest BCUT2D eigenvalue weighted by molar-refractivity contribution is 0.0939. The number of hydrogen-bond acceptors (Lipinski definition) is 2. The Labute approximate surface area is 102 Å². The van der Waals surface area contributed by atoms with Crippen LogP contribution in [0.1, 0.15) is 38.5 Å². The van der Waals surface area contributed by atoms with Crippen molar-refractivity contribution in [1.82, 2.24) is 0 Å². The third-order valence-corrected chi connectivity index (χ3v) is 3.25. The minimum absolute atomic E-state index is 0.150. The Hall–Kier alpha value is -1.09. The van der Waals surface area contributed by atoms with Gasteiger partial charge in [0.05, 0.1) is 12.5 Å². The highest BCUT2D eigenvalue weighted by Gasteiger charge is 2.20. The first-order valence-electron chi connectivity index (χ1n) is 6.38. The van der Waals surface area contributed by atoms with Crippen LogP contribution in [0, 0.1) is 0 Å². The van der Waals surface area contributed by atoms with E-state index < -0.39 is 0 Å². The van der Waals surface area contributed by atoms with Crippen LogP contribution in [-0.2, 0) is 4.74 Å². The van der Waals surface area contributed by atoms with Crippen molar-refractivity contribution >= 4 is 0 Å². The number of allylic oxidation sites excluding steroid dienone is 5. The van der Waals surface area contributed by atoms with Gasteiger partial charge >= 0.3 is 0 Å². The molecule has 1 fully saturated rings. The van der Waals surface area contributed by atoms with Gasteiger partial charge in [0.25, 0.3) is 0 Å². The Morgan fingerprint density at radius 3 is 2.82 bits per heavy atom. The fourth-order valence-electron chi connectivity index (χ4n) is 2.36. The van der Waals surface area contributed by atoms with Gasteiger partial charge in [-0.3, -0.25) is 0 Å². The monoisotopic (exact) mass is 237 g/mol. The molecule has 0 aromatic rings. The number of rotatable bonds is 2. The van der Waals surface area contributed by atoms with Gasteiger partial charge in [-0.2, -0.15) is 0 Å². The maximum Gasteiger partial charge on any atom is 0.107 e. The minimum Gasteiger partial charge on any atom is -0.494 e. The maximum atomic E-state index is 13.3. The normalized spacial score (nSPS) is 30.0. The van der Waals surface area contributed by atoms with E-state index in [4.69, 9.17) is 10.5 Å². The lowest BCUT2D eigenvalue weighted by atomic mass is 10.1. The number of halogens is 1. The van der Waals surface area contributed by atoms with Crippen LogP contribution in [0.4, 0.5) is 4.39 Å². The predicted molar refractivity (Wildman–Crippen MR) is 67.0 cm³/mol. The average molecular weight is 237 g/mol. The molecule has 2 atom stereocenters. The average Bonchev–Trinajstić information content (AvgIpc) is 2.59. The Morgan fingerprint density at radius 2 is 1.94 bits per heavy atom. The van der Waals surface area contributed by atoms with Crippen LogP contribution in [0.25, 0.3) is 0 Å². The van der Waals surface area contributed by atoms with E-state index in [1.165, 1.54) is 12.5 Å². The van der Waals surface area contributed by atoms with Crippen LogP contribution in [0.2, 0.25) is 0 Å². The molecular formula is C14H20FNO. The third kappa shape index (κ3) is 4.00. The van der Waals surface area contributed by atoms with Gasteiger partial charge in [0.15, 0.2) is 0 Å². The molecule has 0 heterocycles. The summed E-state index contributed by atoms with van der Waals surface area (Å²) in [7, 11) is 0. The van der Waals surface area contributed by atoms with E-state index in [0.29, 0.717) is 5.76 Å². The molecule has 2 unspecified atom stereocenters. The van der Waals surface area contributed by atoms with Gasteiger partial charge in [-0.25, -0.2) is 4.39 Å². The Bertz CT molecular complexity index is 346. The molecule has 0 aromatic carbocycles. The molecule has 0 saturated heterocycles. The van der Waals surface area contributed by atoms with Gasteiger partial charge in [-0.1, -0.05) is 18.6 Å². The van der Waals surface area contributed by atoms with Crippen LogP contribution in [-0.4, -0.2) is 12.1 Å². The molecule has 1 saturated carbocycles. The summed E-state index contributed by atoms with van der Waals surface area (Å²) in [5, 5.41) is 0. The molecule has 2 aliphatic carbocycles. The number of ether oxygens (including phenoxy) is 1. The van der Waals surface area contributed by atoms with E-state index in [2.05, 4.69) is 0 Å². The summed E-state index contributed by atoms with van der Waals surface area (Å²) in [6.45, 7) is 0. The first-order chi connectivity index (χ1) is 8.24. The standard InChI is InChI=1S/C14H20FNO/c15-11-5-1-3-7-13(9-11)17-14-8-4-2-6-12(16)10-14/h1,3,5,7,12,14H,2,4,6,8-10,16H2. The van der Waals surface area contributed by atoms with Gasteiger partial charge < -0.3 is 10.5 Å². The predicted octanol–water partition coefficient (Wildman–Crippen LogP) is 3.36. The molecule has 94 valence electrons. The molecule has 0 aliphatic heterocycles. The van der Waals surface area contributed by atoms with Gasteiger partial charge in [0.1, 0.15) is 11.6 Å². The van der Waals surface area contributed by atoms with Crippen LogP contribution >= 0.6 is 0 Å². The Kier molecular flexibility index (Phi) is 4.37. The van der Waals surface area contributed by atoms with E-state index in [1.54, 1.807) is 6.08 Å². The SMILES string of the molecule is NC1CCCCC(OC2=CC=CC=C(F)C2)C1. The van der Waals surface area contributed by atoms with Crippen molar-refractivity contribution in [3.05, 3.63) is 35.9 Å². The largest absolute Gasteiger partial charge is 0.494 e. The van der Waals surface area contributed by atoms with Crippen molar-refractivity contribution in [3.8, 4) is 0 Å². The molecule has 0 amide bonds. The van der Waals surface area contributed by atoms with Crippen molar-refractivity contribution in [2.24, 2.45) is 5.73 Å². The van der Waals surface area contributed by atoms with Crippen LogP contribution < -0.4 is 5.73 Å². The van der Waals surface area contributed by atoms with E-state index in [1.807, 2.05) is 12.2 Å². The Balaban J connectivity index is 1.93. The highest BCUT2D eigenvalue weighted by atomic mass is 19.1. The Morgan fingerprint density at radius 1 is 1.18 bits per heavy atom. The second kappa shape index (κ2) is 6.01. The fourth-order valence-corrected chi connectivity index (χ4v) is 2.36. The fraction of sp³-hybridized carbons (Fsp3) is 0.571. The van der Waals surface area contributed by atoms with Gasteiger partial charge in [0, 0.05) is 6.04 Å². The summed E-state index contributed by atoms with van der Waals surface area (Å²) >= 11 is 0. The van der Waals surface area contributed by atoms with E-state index in [0.717, 1.165) is 25.7 Å².